The fraction of sp³-hybridized carbons (Fsp3) is 0.129. The molecule has 198 valence electrons. The van der Waals surface area contributed by atoms with Gasteiger partial charge in [0.15, 0.2) is 0 Å². The number of hydrogen-bond donors (Lipinski definition) is 1. The minimum absolute atomic E-state index is 0.0149. The number of phenols is 1. The Hall–Kier alpha value is -5.31. The first-order valence-electron chi connectivity index (χ1n) is 12.7. The number of esters is 1. The van der Waals surface area contributed by atoms with Crippen molar-refractivity contribution in [3.05, 3.63) is 121 Å². The number of carbonyl (C=O) groups is 1. The van der Waals surface area contributed by atoms with Gasteiger partial charge in [0.1, 0.15) is 17.9 Å². The summed E-state index contributed by atoms with van der Waals surface area (Å²) in [5.41, 5.74) is 4.36. The van der Waals surface area contributed by atoms with Crippen LogP contribution in [0.5, 0.6) is 5.75 Å². The van der Waals surface area contributed by atoms with E-state index in [1.807, 2.05) is 30.3 Å². The Bertz CT molecular complexity index is 1910. The van der Waals surface area contributed by atoms with E-state index in [1.165, 1.54) is 30.3 Å². The van der Waals surface area contributed by atoms with Crippen molar-refractivity contribution in [1.82, 2.24) is 4.98 Å². The van der Waals surface area contributed by atoms with Crippen molar-refractivity contribution < 1.29 is 24.0 Å². The van der Waals surface area contributed by atoms with E-state index in [1.54, 1.807) is 18.2 Å². The lowest BCUT2D eigenvalue weighted by Gasteiger charge is -2.22. The number of benzene rings is 3. The Morgan fingerprint density at radius 3 is 2.65 bits per heavy atom. The first kappa shape index (κ1) is 25.0. The molecule has 9 nitrogen and oxygen atoms in total. The predicted octanol–water partition coefficient (Wildman–Crippen LogP) is 6.19. The van der Waals surface area contributed by atoms with Crippen molar-refractivity contribution in [3.8, 4) is 5.75 Å². The lowest BCUT2D eigenvalue weighted by atomic mass is 9.86. The second kappa shape index (κ2) is 10.1. The molecule has 1 aliphatic rings. The van der Waals surface area contributed by atoms with Gasteiger partial charge in [0.25, 0.3) is 5.69 Å². The van der Waals surface area contributed by atoms with Gasteiger partial charge in [-0.15, -0.1) is 0 Å². The number of nitro groups is 1. The summed E-state index contributed by atoms with van der Waals surface area (Å²) in [5.74, 6) is -0.580. The summed E-state index contributed by atoms with van der Waals surface area (Å²) >= 11 is 0. The standard InChI is InChI=1S/C31H22N2O7/c34-22-12-13-23-20(15-28(35)40-27(23)16-22)17-39-31(36)29-24-5-1-2-7-26(24)32-30-19(4-3-6-25(29)30)14-18-8-10-21(11-9-18)33(37)38/h1-2,5,7-16,34H,3-4,6,17H2/b19-14-. The summed E-state index contributed by atoms with van der Waals surface area (Å²) in [4.78, 5) is 41.3. The maximum Gasteiger partial charge on any atom is 0.339 e. The fourth-order valence-corrected chi connectivity index (χ4v) is 5.16. The number of aromatic nitrogens is 1. The van der Waals surface area contributed by atoms with Gasteiger partial charge in [0.05, 0.1) is 21.7 Å². The van der Waals surface area contributed by atoms with Crippen LogP contribution in [0.25, 0.3) is 33.5 Å². The summed E-state index contributed by atoms with van der Waals surface area (Å²) in [5, 5.41) is 22.0. The molecule has 0 spiro atoms. The van der Waals surface area contributed by atoms with Gasteiger partial charge in [0, 0.05) is 40.6 Å². The molecule has 6 rings (SSSR count). The highest BCUT2D eigenvalue weighted by Gasteiger charge is 2.26. The topological polar surface area (TPSA) is 133 Å². The van der Waals surface area contributed by atoms with E-state index in [9.17, 15) is 24.8 Å². The minimum atomic E-state index is -0.614. The fourth-order valence-electron chi connectivity index (χ4n) is 5.16. The molecule has 2 heterocycles. The third kappa shape index (κ3) is 4.69. The van der Waals surface area contributed by atoms with Gasteiger partial charge in [-0.05, 0) is 72.4 Å². The molecule has 0 saturated carbocycles. The van der Waals surface area contributed by atoms with Crippen LogP contribution in [0.2, 0.25) is 0 Å². The van der Waals surface area contributed by atoms with Crippen LogP contribution in [0.3, 0.4) is 0 Å². The summed E-state index contributed by atoms with van der Waals surface area (Å²) in [7, 11) is 0. The number of allylic oxidation sites excluding steroid dienone is 1. The molecule has 1 aliphatic carbocycles. The van der Waals surface area contributed by atoms with Crippen molar-refractivity contribution >= 4 is 45.2 Å². The second-order valence-electron chi connectivity index (χ2n) is 9.55. The van der Waals surface area contributed by atoms with Crippen molar-refractivity contribution in [2.24, 2.45) is 0 Å². The lowest BCUT2D eigenvalue weighted by molar-refractivity contribution is -0.384. The predicted molar refractivity (Wildman–Crippen MR) is 149 cm³/mol. The zero-order valence-electron chi connectivity index (χ0n) is 21.1. The van der Waals surface area contributed by atoms with Gasteiger partial charge in [0.2, 0.25) is 0 Å². The van der Waals surface area contributed by atoms with E-state index in [-0.39, 0.29) is 23.6 Å². The molecule has 3 aromatic carbocycles. The lowest BCUT2D eigenvalue weighted by Crippen LogP contribution is -2.16. The molecule has 0 fully saturated rings. The molecule has 0 atom stereocenters. The summed E-state index contributed by atoms with van der Waals surface area (Å²) in [6.07, 6.45) is 4.11. The molecular formula is C31H22N2O7. The Balaban J connectivity index is 1.39. The average molecular weight is 535 g/mol. The number of aromatic hydroxyl groups is 1. The van der Waals surface area contributed by atoms with Gasteiger partial charge < -0.3 is 14.3 Å². The molecule has 0 unspecified atom stereocenters. The van der Waals surface area contributed by atoms with Gasteiger partial charge in [-0.1, -0.05) is 18.2 Å². The summed E-state index contributed by atoms with van der Waals surface area (Å²) in [6.45, 7) is -0.164. The maximum atomic E-state index is 13.7. The molecule has 0 saturated heterocycles. The van der Waals surface area contributed by atoms with E-state index in [0.717, 1.165) is 29.5 Å². The third-order valence-electron chi connectivity index (χ3n) is 6.99. The van der Waals surface area contributed by atoms with Crippen LogP contribution in [0.1, 0.15) is 45.6 Å². The number of carbonyl (C=O) groups excluding carboxylic acids is 1. The van der Waals surface area contributed by atoms with Crippen molar-refractivity contribution in [1.29, 1.82) is 0 Å². The minimum Gasteiger partial charge on any atom is -0.508 e. The number of hydrogen-bond acceptors (Lipinski definition) is 8. The average Bonchev–Trinajstić information content (AvgIpc) is 2.94. The molecule has 0 radical (unpaired) electrons. The molecule has 9 heteroatoms. The zero-order chi connectivity index (χ0) is 27.8. The third-order valence-corrected chi connectivity index (χ3v) is 6.99. The van der Waals surface area contributed by atoms with Crippen LogP contribution in [0, 0.1) is 10.1 Å². The number of non-ortho nitro benzene ring substituents is 1. The molecule has 5 aromatic rings. The highest BCUT2D eigenvalue weighted by atomic mass is 16.6. The molecule has 1 N–H and O–H groups in total. The molecule has 0 aliphatic heterocycles. The van der Waals surface area contributed by atoms with Crippen LogP contribution >= 0.6 is 0 Å². The smallest absolute Gasteiger partial charge is 0.339 e. The summed E-state index contributed by atoms with van der Waals surface area (Å²) in [6, 6.07) is 19.4. The van der Waals surface area contributed by atoms with Crippen molar-refractivity contribution in [2.45, 2.75) is 25.9 Å². The first-order valence-corrected chi connectivity index (χ1v) is 12.7. The maximum absolute atomic E-state index is 13.7. The number of fused-ring (bicyclic) bond motifs is 3. The first-order chi connectivity index (χ1) is 19.4. The van der Waals surface area contributed by atoms with Crippen LogP contribution in [0.15, 0.2) is 82.0 Å². The number of nitrogens with zero attached hydrogens (tertiary/aromatic N) is 2. The van der Waals surface area contributed by atoms with Crippen LogP contribution in [-0.4, -0.2) is 21.0 Å². The molecule has 0 amide bonds. The molecule has 2 aromatic heterocycles. The van der Waals surface area contributed by atoms with Crippen LogP contribution in [0.4, 0.5) is 5.69 Å². The van der Waals surface area contributed by atoms with E-state index >= 15 is 0 Å². The molecule has 40 heavy (non-hydrogen) atoms. The monoisotopic (exact) mass is 534 g/mol. The van der Waals surface area contributed by atoms with Crippen molar-refractivity contribution in [2.75, 3.05) is 0 Å². The van der Waals surface area contributed by atoms with E-state index < -0.39 is 16.5 Å². The zero-order valence-corrected chi connectivity index (χ0v) is 21.1. The number of ether oxygens (including phenoxy) is 1. The van der Waals surface area contributed by atoms with Gasteiger partial charge in [-0.3, -0.25) is 10.1 Å². The van der Waals surface area contributed by atoms with Gasteiger partial charge in [-0.25, -0.2) is 14.6 Å². The van der Waals surface area contributed by atoms with Crippen LogP contribution < -0.4 is 5.63 Å². The number of rotatable bonds is 5. The second-order valence-corrected chi connectivity index (χ2v) is 9.55. The highest BCUT2D eigenvalue weighted by molar-refractivity contribution is 6.06. The SMILES string of the molecule is O=C(OCc1cc(=O)oc2cc(O)ccc12)c1c2c(nc3ccccc13)/C(=C\c1ccc([N+](=O)[O-])cc1)CCC2. The summed E-state index contributed by atoms with van der Waals surface area (Å²) < 4.78 is 11.0. The van der Waals surface area contributed by atoms with Crippen molar-refractivity contribution in [3.63, 3.8) is 0 Å². The number of nitro benzene ring substituents is 1. The van der Waals surface area contributed by atoms with E-state index in [4.69, 9.17) is 14.1 Å². The number of pyridine rings is 1. The van der Waals surface area contributed by atoms with E-state index in [2.05, 4.69) is 0 Å². The molecular weight excluding hydrogens is 512 g/mol. The van der Waals surface area contributed by atoms with Gasteiger partial charge in [-0.2, -0.15) is 0 Å². The highest BCUT2D eigenvalue weighted by Crippen LogP contribution is 2.37. The van der Waals surface area contributed by atoms with Gasteiger partial charge >= 0.3 is 11.6 Å². The van der Waals surface area contributed by atoms with Crippen LogP contribution in [-0.2, 0) is 17.8 Å². The Morgan fingerprint density at radius 2 is 1.85 bits per heavy atom. The van der Waals surface area contributed by atoms with E-state index in [0.29, 0.717) is 39.5 Å². The number of phenolic OH excluding ortho intramolecular Hbond substituents is 1. The Morgan fingerprint density at radius 1 is 1.05 bits per heavy atom. The Kier molecular flexibility index (Phi) is 6.31. The largest absolute Gasteiger partial charge is 0.508 e. The number of para-hydroxylation sites is 1. The quantitative estimate of drug-likeness (QED) is 0.122. The normalized spacial score (nSPS) is 13.8. The molecule has 0 bridgehead atoms. The Labute approximate surface area is 227 Å².